The average molecular weight is 527 g/mol. The zero-order chi connectivity index (χ0) is 25.9. The lowest BCUT2D eigenvalue weighted by molar-refractivity contribution is -0.140. The number of ether oxygens (including phenoxy) is 1. The van der Waals surface area contributed by atoms with Crippen molar-refractivity contribution >= 4 is 35.0 Å². The smallest absolute Gasteiger partial charge is 0.243 e. The third-order valence-electron chi connectivity index (χ3n) is 6.01. The molecule has 2 amide bonds. The highest BCUT2D eigenvalue weighted by Crippen LogP contribution is 2.27. The molecular formula is C29H32Cl2N2O3. The highest BCUT2D eigenvalue weighted by atomic mass is 35.5. The summed E-state index contributed by atoms with van der Waals surface area (Å²) < 4.78 is 5.23. The van der Waals surface area contributed by atoms with Crippen LogP contribution in [0.4, 0.5) is 0 Å². The Balaban J connectivity index is 1.97. The fourth-order valence-electron chi connectivity index (χ4n) is 3.93. The number of benzene rings is 3. The number of carbonyl (C=O) groups is 2. The predicted molar refractivity (Wildman–Crippen MR) is 146 cm³/mol. The summed E-state index contributed by atoms with van der Waals surface area (Å²) in [6.07, 6.45) is 2.31. The molecule has 0 unspecified atom stereocenters. The van der Waals surface area contributed by atoms with Crippen LogP contribution in [0.2, 0.25) is 10.0 Å². The molecule has 0 bridgehead atoms. The number of methoxy groups -OCH3 is 1. The summed E-state index contributed by atoms with van der Waals surface area (Å²) in [7, 11) is 1.60. The van der Waals surface area contributed by atoms with Crippen LogP contribution < -0.4 is 10.1 Å². The number of hydrogen-bond acceptors (Lipinski definition) is 3. The van der Waals surface area contributed by atoms with Gasteiger partial charge in [-0.2, -0.15) is 0 Å². The van der Waals surface area contributed by atoms with Crippen LogP contribution in [0.25, 0.3) is 0 Å². The number of nitrogens with one attached hydrogen (secondary N) is 1. The molecule has 1 atom stereocenters. The quantitative estimate of drug-likeness (QED) is 0.290. The van der Waals surface area contributed by atoms with E-state index in [1.165, 1.54) is 0 Å². The number of hydrogen-bond donors (Lipinski definition) is 1. The van der Waals surface area contributed by atoms with Crippen LogP contribution in [0.15, 0.2) is 72.8 Å². The maximum Gasteiger partial charge on any atom is 0.243 e. The third-order valence-corrected chi connectivity index (χ3v) is 6.71. The highest BCUT2D eigenvalue weighted by molar-refractivity contribution is 6.36. The van der Waals surface area contributed by atoms with E-state index in [9.17, 15) is 9.59 Å². The van der Waals surface area contributed by atoms with Gasteiger partial charge >= 0.3 is 0 Å². The van der Waals surface area contributed by atoms with E-state index in [1.54, 1.807) is 30.2 Å². The zero-order valence-electron chi connectivity index (χ0n) is 20.7. The fourth-order valence-corrected chi connectivity index (χ4v) is 4.45. The van der Waals surface area contributed by atoms with Crippen molar-refractivity contribution in [3.63, 3.8) is 0 Å². The monoisotopic (exact) mass is 526 g/mol. The second-order valence-electron chi connectivity index (χ2n) is 8.60. The Kier molecular flexibility index (Phi) is 10.6. The van der Waals surface area contributed by atoms with Crippen molar-refractivity contribution in [2.24, 2.45) is 0 Å². The van der Waals surface area contributed by atoms with E-state index < -0.39 is 6.04 Å². The summed E-state index contributed by atoms with van der Waals surface area (Å²) in [4.78, 5) is 28.9. The number of rotatable bonds is 12. The van der Waals surface area contributed by atoms with Gasteiger partial charge in [0.2, 0.25) is 11.8 Å². The van der Waals surface area contributed by atoms with Gasteiger partial charge in [-0.25, -0.2) is 0 Å². The summed E-state index contributed by atoms with van der Waals surface area (Å²) in [5.74, 6) is 0.324. The van der Waals surface area contributed by atoms with Crippen molar-refractivity contribution in [1.29, 1.82) is 0 Å². The van der Waals surface area contributed by atoms with Crippen LogP contribution >= 0.6 is 23.2 Å². The molecule has 0 radical (unpaired) electrons. The molecule has 1 N–H and O–H groups in total. The minimum Gasteiger partial charge on any atom is -0.497 e. The molecule has 3 rings (SSSR count). The van der Waals surface area contributed by atoms with Crippen LogP contribution in [0.3, 0.4) is 0 Å². The first-order valence-electron chi connectivity index (χ1n) is 12.1. The topological polar surface area (TPSA) is 58.6 Å². The zero-order valence-corrected chi connectivity index (χ0v) is 22.2. The Hall–Kier alpha value is -3.02. The third kappa shape index (κ3) is 7.74. The van der Waals surface area contributed by atoms with Crippen LogP contribution in [0.1, 0.15) is 36.5 Å². The SMILES string of the molecule is CCCCNC(=O)[C@@H](Cc1ccccc1)N(Cc1c(Cl)cccc1Cl)C(=O)Cc1ccc(OC)cc1. The van der Waals surface area contributed by atoms with E-state index in [0.29, 0.717) is 34.3 Å². The van der Waals surface area contributed by atoms with E-state index >= 15 is 0 Å². The Morgan fingerprint density at radius 2 is 1.58 bits per heavy atom. The normalized spacial score (nSPS) is 11.6. The first kappa shape index (κ1) is 27.6. The van der Waals surface area contributed by atoms with Gasteiger partial charge in [-0.1, -0.05) is 85.1 Å². The van der Waals surface area contributed by atoms with Gasteiger partial charge in [-0.3, -0.25) is 9.59 Å². The van der Waals surface area contributed by atoms with Crippen molar-refractivity contribution in [2.75, 3.05) is 13.7 Å². The summed E-state index contributed by atoms with van der Waals surface area (Å²) >= 11 is 13.0. The standard InChI is InChI=1S/C29H32Cl2N2O3/c1-3-4-17-32-29(35)27(18-21-9-6-5-7-10-21)33(20-24-25(30)11-8-12-26(24)31)28(34)19-22-13-15-23(36-2)16-14-22/h5-16,27H,3-4,17-20H2,1-2H3,(H,32,35)/t27-/m1/s1. The van der Waals surface area contributed by atoms with E-state index in [0.717, 1.165) is 24.0 Å². The number of amides is 2. The molecule has 0 saturated heterocycles. The molecule has 5 nitrogen and oxygen atoms in total. The number of nitrogens with zero attached hydrogens (tertiary/aromatic N) is 1. The van der Waals surface area contributed by atoms with Crippen molar-refractivity contribution in [1.82, 2.24) is 10.2 Å². The number of carbonyl (C=O) groups excluding carboxylic acids is 2. The maximum absolute atomic E-state index is 13.8. The molecule has 0 heterocycles. The molecular weight excluding hydrogens is 495 g/mol. The average Bonchev–Trinajstić information content (AvgIpc) is 2.88. The molecule has 0 aliphatic heterocycles. The van der Waals surface area contributed by atoms with Gasteiger partial charge in [0.25, 0.3) is 0 Å². The molecule has 190 valence electrons. The summed E-state index contributed by atoms with van der Waals surface area (Å²) in [5, 5.41) is 3.92. The second kappa shape index (κ2) is 13.9. The van der Waals surface area contributed by atoms with E-state index in [2.05, 4.69) is 12.2 Å². The molecule has 36 heavy (non-hydrogen) atoms. The minimum atomic E-state index is -0.734. The summed E-state index contributed by atoms with van der Waals surface area (Å²) in [6, 6.07) is 21.5. The Labute approximate surface area is 223 Å². The molecule has 0 aromatic heterocycles. The minimum absolute atomic E-state index is 0.117. The van der Waals surface area contributed by atoms with Gasteiger partial charge in [0, 0.05) is 35.1 Å². The van der Waals surface area contributed by atoms with Crippen LogP contribution in [0, 0.1) is 0 Å². The highest BCUT2D eigenvalue weighted by Gasteiger charge is 2.31. The summed E-state index contributed by atoms with van der Waals surface area (Å²) in [6.45, 7) is 2.73. The van der Waals surface area contributed by atoms with Crippen molar-refractivity contribution in [2.45, 2.75) is 45.2 Å². The lowest BCUT2D eigenvalue weighted by Crippen LogP contribution is -2.51. The molecule has 0 aliphatic carbocycles. The van der Waals surface area contributed by atoms with Crippen molar-refractivity contribution < 1.29 is 14.3 Å². The molecule has 7 heteroatoms. The van der Waals surface area contributed by atoms with Gasteiger partial charge in [0.15, 0.2) is 0 Å². The molecule has 0 aliphatic rings. The Morgan fingerprint density at radius 3 is 2.19 bits per heavy atom. The Bertz CT molecular complexity index is 1120. The van der Waals surface area contributed by atoms with Gasteiger partial charge < -0.3 is 15.0 Å². The van der Waals surface area contributed by atoms with Gasteiger partial charge in [0.05, 0.1) is 13.5 Å². The second-order valence-corrected chi connectivity index (χ2v) is 9.41. The van der Waals surface area contributed by atoms with E-state index in [1.807, 2.05) is 54.6 Å². The van der Waals surface area contributed by atoms with Crippen LogP contribution in [0.5, 0.6) is 5.75 Å². The van der Waals surface area contributed by atoms with Gasteiger partial charge in [0.1, 0.15) is 11.8 Å². The predicted octanol–water partition coefficient (Wildman–Crippen LogP) is 6.10. The first-order valence-corrected chi connectivity index (χ1v) is 12.9. The molecule has 0 spiro atoms. The number of unbranched alkanes of at least 4 members (excludes halogenated alkanes) is 1. The summed E-state index contributed by atoms with van der Waals surface area (Å²) in [5.41, 5.74) is 2.39. The largest absolute Gasteiger partial charge is 0.497 e. The maximum atomic E-state index is 13.8. The van der Waals surface area contributed by atoms with Crippen LogP contribution in [-0.2, 0) is 29.0 Å². The number of halogens is 2. The molecule has 3 aromatic rings. The molecule has 0 fully saturated rings. The Morgan fingerprint density at radius 1 is 0.917 bits per heavy atom. The fraction of sp³-hybridized carbons (Fsp3) is 0.310. The molecule has 0 saturated carbocycles. The lowest BCUT2D eigenvalue weighted by Gasteiger charge is -2.32. The van der Waals surface area contributed by atoms with Crippen LogP contribution in [-0.4, -0.2) is 36.4 Å². The first-order chi connectivity index (χ1) is 17.4. The molecule has 3 aromatic carbocycles. The van der Waals surface area contributed by atoms with E-state index in [-0.39, 0.29) is 24.8 Å². The van der Waals surface area contributed by atoms with Gasteiger partial charge in [-0.15, -0.1) is 0 Å². The lowest BCUT2D eigenvalue weighted by atomic mass is 10.0. The van der Waals surface area contributed by atoms with E-state index in [4.69, 9.17) is 27.9 Å². The van der Waals surface area contributed by atoms with Gasteiger partial charge in [-0.05, 0) is 41.8 Å². The van der Waals surface area contributed by atoms with Crippen molar-refractivity contribution in [3.8, 4) is 5.75 Å². The van der Waals surface area contributed by atoms with Crippen molar-refractivity contribution in [3.05, 3.63) is 99.5 Å².